The van der Waals surface area contributed by atoms with E-state index in [1.165, 1.54) is 4.90 Å². The lowest BCUT2D eigenvalue weighted by molar-refractivity contribution is 0.0776. The first-order valence-corrected chi connectivity index (χ1v) is 8.40. The third-order valence-corrected chi connectivity index (χ3v) is 4.47. The average molecular weight is 367 g/mol. The molecule has 0 radical (unpaired) electrons. The van der Waals surface area contributed by atoms with E-state index in [1.807, 2.05) is 19.1 Å². The molecule has 0 aliphatic carbocycles. The Morgan fingerprint density at radius 1 is 1.15 bits per heavy atom. The Morgan fingerprint density at radius 2 is 1.81 bits per heavy atom. The highest BCUT2D eigenvalue weighted by Gasteiger charge is 2.20. The molecule has 0 saturated carbocycles. The van der Waals surface area contributed by atoms with Crippen LogP contribution in [-0.4, -0.2) is 42.3 Å². The number of benzene rings is 2. The van der Waals surface area contributed by atoms with E-state index >= 15 is 0 Å². The van der Waals surface area contributed by atoms with E-state index in [0.717, 1.165) is 11.1 Å². The first-order valence-electron chi connectivity index (χ1n) is 8.40. The molecule has 0 saturated heterocycles. The Morgan fingerprint density at radius 3 is 2.52 bits per heavy atom. The maximum Gasteiger partial charge on any atom is 0.278 e. The number of aromatic nitrogens is 2. The molecule has 7 nitrogen and oxygen atoms in total. The molecule has 0 atom stereocenters. The fourth-order valence-corrected chi connectivity index (χ4v) is 2.92. The molecular formula is C20H21N3O4. The average Bonchev–Trinajstić information content (AvgIpc) is 2.69. The van der Waals surface area contributed by atoms with Gasteiger partial charge in [-0.25, -0.2) is 0 Å². The maximum absolute atomic E-state index is 12.8. The second-order valence-electron chi connectivity index (χ2n) is 6.24. The highest BCUT2D eigenvalue weighted by molar-refractivity contribution is 5.95. The highest BCUT2D eigenvalue weighted by Crippen LogP contribution is 2.30. The summed E-state index contributed by atoms with van der Waals surface area (Å²) in [5.41, 5.74) is 1.92. The summed E-state index contributed by atoms with van der Waals surface area (Å²) in [6.45, 7) is 2.23. The number of ether oxygens (including phenoxy) is 2. The minimum absolute atomic E-state index is 0.130. The van der Waals surface area contributed by atoms with Gasteiger partial charge in [0.1, 0.15) is 0 Å². The molecule has 2 aromatic carbocycles. The molecule has 1 heterocycles. The van der Waals surface area contributed by atoms with E-state index in [1.54, 1.807) is 45.5 Å². The number of hydrogen-bond acceptors (Lipinski definition) is 5. The number of aryl methyl sites for hydroxylation is 1. The fraction of sp³-hybridized carbons (Fsp3) is 0.250. The van der Waals surface area contributed by atoms with Crippen molar-refractivity contribution in [3.8, 4) is 11.5 Å². The van der Waals surface area contributed by atoms with Crippen LogP contribution in [0.15, 0.2) is 41.2 Å². The van der Waals surface area contributed by atoms with Gasteiger partial charge >= 0.3 is 0 Å². The van der Waals surface area contributed by atoms with E-state index in [0.29, 0.717) is 28.9 Å². The van der Waals surface area contributed by atoms with E-state index in [2.05, 4.69) is 10.2 Å². The number of rotatable bonds is 5. The minimum atomic E-state index is -0.448. The number of carbonyl (C=O) groups is 1. The van der Waals surface area contributed by atoms with Crippen LogP contribution in [0.2, 0.25) is 0 Å². The van der Waals surface area contributed by atoms with Gasteiger partial charge in [0.15, 0.2) is 17.2 Å². The molecular weight excluding hydrogens is 346 g/mol. The Balaban J connectivity index is 1.91. The lowest BCUT2D eigenvalue weighted by Crippen LogP contribution is -2.32. The van der Waals surface area contributed by atoms with Gasteiger partial charge in [-0.05, 0) is 42.3 Å². The molecule has 140 valence electrons. The lowest BCUT2D eigenvalue weighted by Gasteiger charge is -2.19. The van der Waals surface area contributed by atoms with Gasteiger partial charge in [0.2, 0.25) is 5.43 Å². The zero-order valence-electron chi connectivity index (χ0n) is 15.7. The molecule has 0 aliphatic heterocycles. The number of H-pyrrole nitrogens is 1. The number of fused-ring (bicyclic) bond motifs is 1. The number of carbonyl (C=O) groups excluding carboxylic acids is 1. The molecule has 27 heavy (non-hydrogen) atoms. The molecule has 0 fully saturated rings. The molecule has 1 N–H and O–H groups in total. The van der Waals surface area contributed by atoms with Gasteiger partial charge in [0.05, 0.1) is 19.7 Å². The molecule has 3 aromatic rings. The van der Waals surface area contributed by atoms with Crippen molar-refractivity contribution in [1.29, 1.82) is 0 Å². The van der Waals surface area contributed by atoms with Crippen LogP contribution in [0.1, 0.15) is 21.6 Å². The van der Waals surface area contributed by atoms with Gasteiger partial charge in [-0.1, -0.05) is 12.1 Å². The van der Waals surface area contributed by atoms with Crippen molar-refractivity contribution in [2.45, 2.75) is 13.5 Å². The van der Waals surface area contributed by atoms with E-state index in [9.17, 15) is 9.59 Å². The van der Waals surface area contributed by atoms with Crippen molar-refractivity contribution < 1.29 is 14.3 Å². The number of amides is 1. The van der Waals surface area contributed by atoms with Crippen LogP contribution < -0.4 is 14.9 Å². The normalized spacial score (nSPS) is 10.7. The predicted octanol–water partition coefficient (Wildman–Crippen LogP) is 2.52. The fourth-order valence-electron chi connectivity index (χ4n) is 2.92. The van der Waals surface area contributed by atoms with E-state index in [4.69, 9.17) is 9.47 Å². The first kappa shape index (κ1) is 18.4. The van der Waals surface area contributed by atoms with Gasteiger partial charge < -0.3 is 14.4 Å². The van der Waals surface area contributed by atoms with Gasteiger partial charge in [-0.3, -0.25) is 14.7 Å². The molecule has 0 unspecified atom stereocenters. The lowest BCUT2D eigenvalue weighted by atomic mass is 10.1. The summed E-state index contributed by atoms with van der Waals surface area (Å²) in [5.74, 6) is 0.761. The molecule has 0 spiro atoms. The number of nitrogens with zero attached hydrogens (tertiary/aromatic N) is 2. The van der Waals surface area contributed by atoms with Gasteiger partial charge in [0.25, 0.3) is 5.91 Å². The Kier molecular flexibility index (Phi) is 5.12. The smallest absolute Gasteiger partial charge is 0.278 e. The quantitative estimate of drug-likeness (QED) is 0.749. The number of nitrogens with one attached hydrogen (secondary N) is 1. The zero-order valence-corrected chi connectivity index (χ0v) is 15.7. The van der Waals surface area contributed by atoms with E-state index < -0.39 is 5.91 Å². The largest absolute Gasteiger partial charge is 0.493 e. The summed E-state index contributed by atoms with van der Waals surface area (Å²) < 4.78 is 10.6. The summed E-state index contributed by atoms with van der Waals surface area (Å²) in [6, 6.07) is 10.7. The molecule has 3 rings (SSSR count). The maximum atomic E-state index is 12.8. The van der Waals surface area contributed by atoms with Gasteiger partial charge in [-0.15, -0.1) is 0 Å². The number of aromatic amines is 1. The van der Waals surface area contributed by atoms with Crippen LogP contribution >= 0.6 is 0 Å². The summed E-state index contributed by atoms with van der Waals surface area (Å²) >= 11 is 0. The second kappa shape index (κ2) is 7.49. The summed E-state index contributed by atoms with van der Waals surface area (Å²) in [7, 11) is 4.77. The van der Waals surface area contributed by atoms with Crippen molar-refractivity contribution in [2.24, 2.45) is 0 Å². The van der Waals surface area contributed by atoms with Crippen LogP contribution in [0.5, 0.6) is 11.5 Å². The van der Waals surface area contributed by atoms with Crippen LogP contribution in [0.3, 0.4) is 0 Å². The van der Waals surface area contributed by atoms with Crippen molar-refractivity contribution >= 4 is 16.8 Å². The standard InChI is InChI=1S/C20H21N3O4/c1-12-9-16(26-3)17(27-4)10-13(12)11-23(2)20(25)18-19(24)14-7-5-6-8-15(14)21-22-18/h5-10H,11H2,1-4H3,(H,21,24). The van der Waals surface area contributed by atoms with Crippen LogP contribution in [0.25, 0.3) is 10.9 Å². The van der Waals surface area contributed by atoms with Crippen LogP contribution in [0.4, 0.5) is 0 Å². The Labute approximate surface area is 156 Å². The summed E-state index contributed by atoms with van der Waals surface area (Å²) in [6.07, 6.45) is 0. The predicted molar refractivity (Wildman–Crippen MR) is 102 cm³/mol. The monoisotopic (exact) mass is 367 g/mol. The number of para-hydroxylation sites is 1. The Bertz CT molecular complexity index is 1060. The van der Waals surface area contributed by atoms with Gasteiger partial charge in [-0.2, -0.15) is 5.10 Å². The summed E-state index contributed by atoms with van der Waals surface area (Å²) in [5, 5.41) is 7.19. The number of methoxy groups -OCH3 is 2. The van der Waals surface area contributed by atoms with Crippen molar-refractivity contribution in [2.75, 3.05) is 21.3 Å². The number of hydrogen-bond donors (Lipinski definition) is 1. The highest BCUT2D eigenvalue weighted by atomic mass is 16.5. The van der Waals surface area contributed by atoms with Crippen LogP contribution in [-0.2, 0) is 6.54 Å². The topological polar surface area (TPSA) is 84.5 Å². The third-order valence-electron chi connectivity index (χ3n) is 4.47. The molecule has 0 aliphatic rings. The minimum Gasteiger partial charge on any atom is -0.493 e. The van der Waals surface area contributed by atoms with Crippen molar-refractivity contribution in [3.05, 3.63) is 63.4 Å². The second-order valence-corrected chi connectivity index (χ2v) is 6.24. The Hall–Kier alpha value is -3.35. The molecule has 1 amide bonds. The molecule has 0 bridgehead atoms. The zero-order chi connectivity index (χ0) is 19.6. The molecule has 7 heteroatoms. The van der Waals surface area contributed by atoms with Crippen molar-refractivity contribution in [1.82, 2.24) is 15.1 Å². The SMILES string of the molecule is COc1cc(C)c(CN(C)C(=O)c2n[nH]c3ccccc3c2=O)cc1OC. The first-order chi connectivity index (χ1) is 13.0. The van der Waals surface area contributed by atoms with Gasteiger partial charge in [0, 0.05) is 19.0 Å². The third kappa shape index (κ3) is 3.48. The van der Waals surface area contributed by atoms with Crippen molar-refractivity contribution in [3.63, 3.8) is 0 Å². The molecule has 1 aromatic heterocycles. The van der Waals surface area contributed by atoms with Crippen LogP contribution in [0, 0.1) is 6.92 Å². The summed E-state index contributed by atoms with van der Waals surface area (Å²) in [4.78, 5) is 26.9. The van der Waals surface area contributed by atoms with E-state index in [-0.39, 0.29) is 11.1 Å².